The third-order valence-electron chi connectivity index (χ3n) is 5.42. The third-order valence-corrected chi connectivity index (χ3v) is 5.92. The van der Waals surface area contributed by atoms with Crippen LogP contribution in [0.5, 0.6) is 11.5 Å². The van der Waals surface area contributed by atoms with Crippen LogP contribution in [0.3, 0.4) is 0 Å². The van der Waals surface area contributed by atoms with Gasteiger partial charge in [-0.1, -0.05) is 42.5 Å². The first-order valence-corrected chi connectivity index (χ1v) is 11.8. The summed E-state index contributed by atoms with van der Waals surface area (Å²) in [5.74, 6) is 0.479. The van der Waals surface area contributed by atoms with E-state index in [9.17, 15) is 13.2 Å². The Kier molecular flexibility index (Phi) is 5.59. The number of ether oxygens (including phenoxy) is 1. The van der Waals surface area contributed by atoms with E-state index < -0.39 is 15.7 Å². The summed E-state index contributed by atoms with van der Waals surface area (Å²) in [5.41, 5.74) is 7.33. The second-order valence-electron chi connectivity index (χ2n) is 7.67. The molecule has 4 rings (SSSR count). The van der Waals surface area contributed by atoms with Crippen LogP contribution in [0.15, 0.2) is 77.8 Å². The number of hydrogen-bond acceptors (Lipinski definition) is 7. The molecule has 0 saturated carbocycles. The molecule has 8 nitrogen and oxygen atoms in total. The second kappa shape index (κ2) is 8.25. The van der Waals surface area contributed by atoms with E-state index in [-0.39, 0.29) is 17.6 Å². The summed E-state index contributed by atoms with van der Waals surface area (Å²) in [5, 5.41) is 0. The Bertz CT molecular complexity index is 1370. The molecule has 0 bridgehead atoms. The first kappa shape index (κ1) is 22.3. The van der Waals surface area contributed by atoms with Crippen molar-refractivity contribution < 1.29 is 22.1 Å². The molecule has 170 valence electrons. The van der Waals surface area contributed by atoms with Crippen LogP contribution in [0, 0.1) is 0 Å². The molecule has 0 radical (unpaired) electrons. The summed E-state index contributed by atoms with van der Waals surface area (Å²) in [6.07, 6.45) is 0.956. The first-order valence-electron chi connectivity index (χ1n) is 10.0. The molecule has 1 heterocycles. The van der Waals surface area contributed by atoms with Crippen molar-refractivity contribution in [3.8, 4) is 22.6 Å². The van der Waals surface area contributed by atoms with Crippen LogP contribution < -0.4 is 14.7 Å². The number of methoxy groups -OCH3 is 1. The Balaban J connectivity index is 1.91. The molecule has 2 N–H and O–H groups in total. The van der Waals surface area contributed by atoms with Gasteiger partial charge in [-0.3, -0.25) is 9.69 Å². The molecule has 0 spiro atoms. The van der Waals surface area contributed by atoms with Crippen LogP contribution in [0.2, 0.25) is 0 Å². The van der Waals surface area contributed by atoms with Crippen molar-refractivity contribution in [1.29, 1.82) is 0 Å². The number of likely N-dealkylation sites (N-methyl/N-ethyl adjacent to an activating group) is 1. The van der Waals surface area contributed by atoms with Crippen molar-refractivity contribution in [2.45, 2.75) is 5.54 Å². The van der Waals surface area contributed by atoms with Gasteiger partial charge < -0.3 is 14.7 Å². The minimum absolute atomic E-state index is 0.0567. The van der Waals surface area contributed by atoms with E-state index in [4.69, 9.17) is 14.7 Å². The molecule has 1 unspecified atom stereocenters. The van der Waals surface area contributed by atoms with Gasteiger partial charge in [-0.2, -0.15) is 8.42 Å². The number of nitrogens with two attached hydrogens (primary N) is 1. The van der Waals surface area contributed by atoms with Crippen molar-refractivity contribution in [2.75, 3.05) is 20.4 Å². The van der Waals surface area contributed by atoms with Crippen LogP contribution in [0.1, 0.15) is 11.1 Å². The summed E-state index contributed by atoms with van der Waals surface area (Å²) >= 11 is 0. The number of aliphatic imine (C=N–C) groups is 1. The van der Waals surface area contributed by atoms with Crippen molar-refractivity contribution in [1.82, 2.24) is 4.90 Å². The Morgan fingerprint density at radius 1 is 0.909 bits per heavy atom. The number of carbonyl (C=O) groups excluding carboxylic acids is 1. The zero-order valence-electron chi connectivity index (χ0n) is 18.3. The zero-order chi connectivity index (χ0) is 23.8. The molecule has 3 aromatic rings. The normalized spacial score (nSPS) is 18.2. The van der Waals surface area contributed by atoms with Gasteiger partial charge in [0, 0.05) is 7.05 Å². The summed E-state index contributed by atoms with van der Waals surface area (Å²) < 4.78 is 33.7. The third kappa shape index (κ3) is 4.14. The molecule has 0 saturated heterocycles. The summed E-state index contributed by atoms with van der Waals surface area (Å²) in [7, 11) is -0.609. The Labute approximate surface area is 192 Å². The molecular weight excluding hydrogens is 442 g/mol. The van der Waals surface area contributed by atoms with Crippen molar-refractivity contribution in [3.63, 3.8) is 0 Å². The van der Waals surface area contributed by atoms with Crippen LogP contribution in [0.4, 0.5) is 0 Å². The molecular formula is C24H23N3O5S. The summed E-state index contributed by atoms with van der Waals surface area (Å²) in [4.78, 5) is 19.4. The van der Waals surface area contributed by atoms with Crippen molar-refractivity contribution >= 4 is 22.0 Å². The molecule has 33 heavy (non-hydrogen) atoms. The van der Waals surface area contributed by atoms with Gasteiger partial charge >= 0.3 is 10.1 Å². The van der Waals surface area contributed by atoms with Gasteiger partial charge in [0.25, 0.3) is 5.91 Å². The smallest absolute Gasteiger partial charge is 0.306 e. The largest absolute Gasteiger partial charge is 0.497 e. The van der Waals surface area contributed by atoms with Crippen molar-refractivity contribution in [3.05, 3.63) is 83.9 Å². The first-order chi connectivity index (χ1) is 15.6. The molecule has 0 aromatic heterocycles. The number of nitrogens with zero attached hydrogens (tertiary/aromatic N) is 2. The van der Waals surface area contributed by atoms with Gasteiger partial charge in [-0.25, -0.2) is 4.99 Å². The van der Waals surface area contributed by atoms with E-state index in [0.717, 1.165) is 17.4 Å². The van der Waals surface area contributed by atoms with E-state index in [2.05, 4.69) is 4.99 Å². The number of rotatable bonds is 6. The van der Waals surface area contributed by atoms with Gasteiger partial charge in [0.1, 0.15) is 11.5 Å². The molecule has 1 amide bonds. The highest BCUT2D eigenvalue weighted by atomic mass is 32.2. The van der Waals surface area contributed by atoms with Gasteiger partial charge in [0.15, 0.2) is 11.5 Å². The molecule has 1 aliphatic rings. The fourth-order valence-electron chi connectivity index (χ4n) is 3.86. The average Bonchev–Trinajstić information content (AvgIpc) is 3.03. The standard InChI is InChI=1S/C24H23N3O5S/c1-27-22(28)24(26-23(27)25,19-10-6-12-21(15-19)32-33(3,29)30)18-9-4-7-16(13-18)17-8-5-11-20(14-17)31-2/h4-15H,1-3H3,(H2,25,26). The lowest BCUT2D eigenvalue weighted by Gasteiger charge is -2.27. The monoisotopic (exact) mass is 465 g/mol. The topological polar surface area (TPSA) is 111 Å². The molecule has 9 heteroatoms. The Morgan fingerprint density at radius 2 is 1.48 bits per heavy atom. The highest BCUT2D eigenvalue weighted by Crippen LogP contribution is 2.41. The van der Waals surface area contributed by atoms with E-state index in [1.165, 1.54) is 17.0 Å². The fourth-order valence-corrected chi connectivity index (χ4v) is 4.31. The Morgan fingerprint density at radius 3 is 2.09 bits per heavy atom. The maximum Gasteiger partial charge on any atom is 0.306 e. The zero-order valence-corrected chi connectivity index (χ0v) is 19.2. The van der Waals surface area contributed by atoms with Gasteiger partial charge in [0.2, 0.25) is 0 Å². The minimum atomic E-state index is -3.75. The lowest BCUT2D eigenvalue weighted by atomic mass is 9.81. The van der Waals surface area contributed by atoms with E-state index >= 15 is 0 Å². The van der Waals surface area contributed by atoms with Crippen LogP contribution in [0.25, 0.3) is 11.1 Å². The van der Waals surface area contributed by atoms with Crippen LogP contribution >= 0.6 is 0 Å². The van der Waals surface area contributed by atoms with Crippen molar-refractivity contribution in [2.24, 2.45) is 10.7 Å². The summed E-state index contributed by atoms with van der Waals surface area (Å²) in [6.45, 7) is 0. The minimum Gasteiger partial charge on any atom is -0.497 e. The van der Waals surface area contributed by atoms with E-state index in [0.29, 0.717) is 16.9 Å². The average molecular weight is 466 g/mol. The molecule has 0 aliphatic carbocycles. The van der Waals surface area contributed by atoms with E-state index in [1.54, 1.807) is 32.4 Å². The molecule has 1 aliphatic heterocycles. The van der Waals surface area contributed by atoms with E-state index in [1.807, 2.05) is 42.5 Å². The van der Waals surface area contributed by atoms with Gasteiger partial charge in [-0.05, 0) is 52.6 Å². The second-order valence-corrected chi connectivity index (χ2v) is 9.25. The van der Waals surface area contributed by atoms with Crippen LogP contribution in [-0.4, -0.2) is 45.6 Å². The number of guanidine groups is 1. The maximum atomic E-state index is 13.5. The number of amides is 1. The molecule has 1 atom stereocenters. The maximum absolute atomic E-state index is 13.5. The predicted molar refractivity (Wildman–Crippen MR) is 126 cm³/mol. The fraction of sp³-hybridized carbons (Fsp3) is 0.167. The molecule has 3 aromatic carbocycles. The number of carbonyl (C=O) groups is 1. The number of hydrogen-bond donors (Lipinski definition) is 1. The highest BCUT2D eigenvalue weighted by molar-refractivity contribution is 7.86. The lowest BCUT2D eigenvalue weighted by molar-refractivity contribution is -0.129. The predicted octanol–water partition coefficient (Wildman–Crippen LogP) is 2.73. The van der Waals surface area contributed by atoms with Gasteiger partial charge in [-0.15, -0.1) is 0 Å². The van der Waals surface area contributed by atoms with Crippen LogP contribution in [-0.2, 0) is 20.5 Å². The molecule has 0 fully saturated rings. The van der Waals surface area contributed by atoms with Gasteiger partial charge in [0.05, 0.1) is 13.4 Å². The number of benzene rings is 3. The lowest BCUT2D eigenvalue weighted by Crippen LogP contribution is -2.41. The summed E-state index contributed by atoms with van der Waals surface area (Å²) in [6, 6.07) is 21.3. The highest BCUT2D eigenvalue weighted by Gasteiger charge is 2.49. The Hall–Kier alpha value is -3.85. The quantitative estimate of drug-likeness (QED) is 0.561. The SMILES string of the molecule is COc1cccc(-c2cccc(C3(c4cccc(OS(C)(=O)=O)c4)N=C(N)N(C)C3=O)c2)c1.